The summed E-state index contributed by atoms with van der Waals surface area (Å²) in [5, 5.41) is 3.85. The van der Waals surface area contributed by atoms with Crippen LogP contribution in [0.5, 0.6) is 5.75 Å². The zero-order chi connectivity index (χ0) is 27.6. The molecular weight excluding hydrogens is 543 g/mol. The number of hydrogen-bond acceptors (Lipinski definition) is 6. The Morgan fingerprint density at radius 2 is 1.76 bits per heavy atom. The zero-order valence-corrected chi connectivity index (χ0v) is 22.6. The van der Waals surface area contributed by atoms with Crippen LogP contribution in [0.4, 0.5) is 0 Å². The molecule has 0 bridgehead atoms. The summed E-state index contributed by atoms with van der Waals surface area (Å²) in [7, 11) is 0. The average Bonchev–Trinajstić information content (AvgIpc) is 3.63. The van der Waals surface area contributed by atoms with E-state index >= 15 is 0 Å². The van der Waals surface area contributed by atoms with Gasteiger partial charge in [0.05, 0.1) is 18.0 Å². The van der Waals surface area contributed by atoms with Gasteiger partial charge in [-0.25, -0.2) is 9.78 Å². The van der Waals surface area contributed by atoms with Gasteiger partial charge >= 0.3 is 57.1 Å². The molecule has 1 aliphatic heterocycles. The fourth-order valence-electron chi connectivity index (χ4n) is 5.38. The zero-order valence-electron chi connectivity index (χ0n) is 22.6. The normalized spacial score (nSPS) is 12.0. The maximum absolute atomic E-state index is 14.1. The van der Waals surface area contributed by atoms with Gasteiger partial charge in [-0.2, -0.15) is 0 Å². The van der Waals surface area contributed by atoms with Crippen molar-refractivity contribution in [2.45, 2.75) is 46.0 Å². The molecule has 0 aliphatic carbocycles. The molecule has 1 aliphatic rings. The number of aromatic amines is 1. The van der Waals surface area contributed by atoms with Crippen molar-refractivity contribution in [3.63, 3.8) is 0 Å². The summed E-state index contributed by atoms with van der Waals surface area (Å²) in [5.41, 5.74) is 7.21. The number of hydrogen-bond donors (Lipinski definition) is 1. The van der Waals surface area contributed by atoms with Gasteiger partial charge in [0.15, 0.2) is 5.82 Å². The van der Waals surface area contributed by atoms with E-state index in [2.05, 4.69) is 23.1 Å². The third kappa shape index (κ3) is 5.96. The van der Waals surface area contributed by atoms with Crippen molar-refractivity contribution in [2.24, 2.45) is 0 Å². The van der Waals surface area contributed by atoms with Crippen LogP contribution in [0.15, 0.2) is 80.8 Å². The topological polar surface area (TPSA) is 103 Å². The van der Waals surface area contributed by atoms with E-state index in [1.165, 1.54) is 0 Å². The van der Waals surface area contributed by atoms with Crippen LogP contribution >= 0.6 is 0 Å². The van der Waals surface area contributed by atoms with Gasteiger partial charge in [-0.3, -0.25) is 18.9 Å². The van der Waals surface area contributed by atoms with Crippen LogP contribution in [-0.2, 0) is 25.7 Å². The first-order valence-corrected chi connectivity index (χ1v) is 13.7. The molecule has 3 heterocycles. The second-order valence-corrected chi connectivity index (χ2v) is 9.95. The van der Waals surface area contributed by atoms with Gasteiger partial charge in [-0.05, 0) is 46.9 Å². The molecule has 0 radical (unpaired) electrons. The molecule has 41 heavy (non-hydrogen) atoms. The molecule has 1 N–H and O–H groups in total. The average molecular weight is 575 g/mol. The van der Waals surface area contributed by atoms with Crippen molar-refractivity contribution in [3.05, 3.63) is 116 Å². The van der Waals surface area contributed by atoms with Gasteiger partial charge in [-0.15, -0.1) is 0 Å². The van der Waals surface area contributed by atoms with Crippen molar-refractivity contribution in [1.29, 1.82) is 0 Å². The minimum atomic E-state index is -0.593. The molecule has 0 amide bonds. The molecule has 204 valence electrons. The number of ether oxygens (including phenoxy) is 1. The predicted octanol–water partition coefficient (Wildman–Crippen LogP) is 4.63. The van der Waals surface area contributed by atoms with Crippen LogP contribution < -0.4 is 16.1 Å². The third-order valence-electron chi connectivity index (χ3n) is 7.33. The third-order valence-corrected chi connectivity index (χ3v) is 7.33. The van der Waals surface area contributed by atoms with Crippen LogP contribution in [0.2, 0.25) is 0 Å². The Kier molecular flexibility index (Phi) is 9.21. The summed E-state index contributed by atoms with van der Waals surface area (Å²) in [6, 6.07) is 21.8. The molecule has 3 aromatic carbocycles. The molecule has 8 nitrogen and oxygen atoms in total. The molecule has 0 spiro atoms. The fraction of sp³-hybridized carbons (Fsp3) is 0.250. The van der Waals surface area contributed by atoms with Gasteiger partial charge in [0.25, 0.3) is 5.56 Å². The maximum atomic E-state index is 14.1. The van der Waals surface area contributed by atoms with Crippen molar-refractivity contribution in [1.82, 2.24) is 19.7 Å². The number of fused-ring (bicyclic) bond motifs is 1. The van der Waals surface area contributed by atoms with Crippen LogP contribution in [0, 0.1) is 0 Å². The Bertz CT molecular complexity index is 1800. The predicted molar refractivity (Wildman–Crippen MR) is 160 cm³/mol. The van der Waals surface area contributed by atoms with Gasteiger partial charge in [0, 0.05) is 30.4 Å². The Morgan fingerprint density at radius 3 is 2.46 bits per heavy atom. The van der Waals surface area contributed by atoms with Crippen molar-refractivity contribution >= 4 is 51.4 Å². The summed E-state index contributed by atoms with van der Waals surface area (Å²) in [4.78, 5) is 33.2. The van der Waals surface area contributed by atoms with E-state index in [9.17, 15) is 9.59 Å². The molecule has 9 heteroatoms. The van der Waals surface area contributed by atoms with Crippen LogP contribution in [0.3, 0.4) is 0 Å². The minimum absolute atomic E-state index is 0. The van der Waals surface area contributed by atoms with Crippen molar-refractivity contribution in [2.75, 3.05) is 6.61 Å². The fourth-order valence-corrected chi connectivity index (χ4v) is 5.38. The molecule has 0 atom stereocenters. The second kappa shape index (κ2) is 12.8. The summed E-state index contributed by atoms with van der Waals surface area (Å²) in [5.74, 6) is 1.45. The van der Waals surface area contributed by atoms with Gasteiger partial charge < -0.3 is 4.74 Å². The number of rotatable bonds is 8. The van der Waals surface area contributed by atoms with Gasteiger partial charge in [-0.1, -0.05) is 74.0 Å². The first-order chi connectivity index (χ1) is 19.6. The molecular formula is C32H31KN4O4. The van der Waals surface area contributed by atoms with E-state index in [4.69, 9.17) is 14.2 Å². The summed E-state index contributed by atoms with van der Waals surface area (Å²) >= 11 is 0. The number of nitrogens with zero attached hydrogens (tertiary/aromatic N) is 3. The van der Waals surface area contributed by atoms with Gasteiger partial charge in [0.1, 0.15) is 11.6 Å². The van der Waals surface area contributed by atoms with Gasteiger partial charge in [0.2, 0.25) is 0 Å². The number of H-pyrrole nitrogens is 1. The van der Waals surface area contributed by atoms with Crippen molar-refractivity contribution in [3.8, 4) is 34.0 Å². The number of benzene rings is 3. The van der Waals surface area contributed by atoms with Crippen LogP contribution in [0.1, 0.15) is 48.5 Å². The van der Waals surface area contributed by atoms with E-state index in [1.807, 2.05) is 67.6 Å². The first-order valence-electron chi connectivity index (χ1n) is 13.7. The van der Waals surface area contributed by atoms with Crippen LogP contribution in [0.25, 0.3) is 28.2 Å². The number of nitrogens with one attached hydrogen (secondary N) is 1. The molecule has 0 fully saturated rings. The van der Waals surface area contributed by atoms with E-state index in [-0.39, 0.29) is 56.9 Å². The Morgan fingerprint density at radius 1 is 0.976 bits per heavy atom. The Balaban J connectivity index is 0.00000337. The number of aryl methyl sites for hydroxylation is 2. The monoisotopic (exact) mass is 574 g/mol. The number of aromatic nitrogens is 4. The van der Waals surface area contributed by atoms with E-state index in [1.54, 1.807) is 4.57 Å². The summed E-state index contributed by atoms with van der Waals surface area (Å²) < 4.78 is 12.2. The molecule has 0 saturated heterocycles. The first kappa shape index (κ1) is 29.4. The van der Waals surface area contributed by atoms with Crippen molar-refractivity contribution < 1.29 is 9.26 Å². The van der Waals surface area contributed by atoms with E-state index in [0.717, 1.165) is 75.6 Å². The summed E-state index contributed by atoms with van der Waals surface area (Å²) in [6.07, 6.45) is 3.64. The quantitative estimate of drug-likeness (QED) is 0.271. The standard InChI is InChI=1S/C32H30N4O4.K.H/c1-3-7-27-26(31(37)36(29(4-2)33-27)23-14-15-28-22(19-23)16-17-39-28)18-20-10-12-21(13-11-20)24-8-5-6-9-25(24)30-34-32(38)40-35-30;;/h5-6,8-15,19H,3-4,7,16-18H2,1-2H3,(H,34,35,38);;. The molecule has 2 aromatic heterocycles. The summed E-state index contributed by atoms with van der Waals surface area (Å²) in [6.45, 7) is 4.82. The molecule has 6 rings (SSSR count). The second-order valence-electron chi connectivity index (χ2n) is 9.95. The van der Waals surface area contributed by atoms with Crippen LogP contribution in [-0.4, -0.2) is 77.7 Å². The Hall–Kier alpha value is -3.08. The molecule has 5 aromatic rings. The van der Waals surface area contributed by atoms with E-state index in [0.29, 0.717) is 25.3 Å². The Labute approximate surface area is 280 Å². The van der Waals surface area contributed by atoms with E-state index < -0.39 is 5.76 Å². The molecule has 0 unspecified atom stereocenters. The molecule has 0 saturated carbocycles. The SMILES string of the molecule is CCCc1nc(CC)n(-c2ccc3c(c2)CCO3)c(=O)c1Cc1ccc(-c2ccccc2-c2noc(=O)[nH]2)cc1.[KH].